The molecule has 1 fully saturated rings. The average molecular weight is 359 g/mol. The Morgan fingerprint density at radius 1 is 1.27 bits per heavy atom. The van der Waals surface area contributed by atoms with Gasteiger partial charge in [-0.25, -0.2) is 4.79 Å². The highest BCUT2D eigenvalue weighted by Crippen LogP contribution is 2.16. The van der Waals surface area contributed by atoms with Crippen LogP contribution in [0.3, 0.4) is 0 Å². The van der Waals surface area contributed by atoms with Gasteiger partial charge in [-0.3, -0.25) is 9.36 Å². The van der Waals surface area contributed by atoms with E-state index < -0.39 is 11.9 Å². The monoisotopic (exact) mass is 359 g/mol. The second kappa shape index (κ2) is 8.70. The van der Waals surface area contributed by atoms with Gasteiger partial charge in [0.25, 0.3) is 0 Å². The molecule has 0 radical (unpaired) electrons. The number of hydrogen-bond donors (Lipinski definition) is 1. The standard InChI is InChI=1S/C18H21N3O5/c1-13(22)19-16-7-8-21(18(23)20-16)17-12-25-15(11-26-17)10-24-9-14-5-3-2-4-6-14/h2-8,15,17H,9-12H2,1H3,(H,19,20,22,23). The van der Waals surface area contributed by atoms with Crippen LogP contribution in [0.1, 0.15) is 18.7 Å². The molecule has 2 atom stereocenters. The van der Waals surface area contributed by atoms with Gasteiger partial charge in [0.2, 0.25) is 5.91 Å². The molecule has 2 heterocycles. The Labute approximate surface area is 150 Å². The number of ether oxygens (including phenoxy) is 3. The third-order valence-electron chi connectivity index (χ3n) is 3.81. The molecule has 3 rings (SSSR count). The van der Waals surface area contributed by atoms with Crippen molar-refractivity contribution in [3.05, 3.63) is 58.6 Å². The van der Waals surface area contributed by atoms with E-state index in [2.05, 4.69) is 10.3 Å². The Balaban J connectivity index is 1.47. The van der Waals surface area contributed by atoms with Gasteiger partial charge in [0.1, 0.15) is 11.9 Å². The Bertz CT molecular complexity index is 785. The fourth-order valence-corrected chi connectivity index (χ4v) is 2.55. The lowest BCUT2D eigenvalue weighted by molar-refractivity contribution is -0.178. The SMILES string of the molecule is CC(=O)Nc1ccn(C2COC(COCc3ccccc3)CO2)c(=O)n1. The van der Waals surface area contributed by atoms with E-state index in [4.69, 9.17) is 14.2 Å². The van der Waals surface area contributed by atoms with Crippen LogP contribution in [0.5, 0.6) is 0 Å². The van der Waals surface area contributed by atoms with Crippen LogP contribution >= 0.6 is 0 Å². The van der Waals surface area contributed by atoms with Crippen LogP contribution in [0.4, 0.5) is 5.82 Å². The lowest BCUT2D eigenvalue weighted by Gasteiger charge is -2.30. The number of benzene rings is 1. The van der Waals surface area contributed by atoms with Gasteiger partial charge in [0.15, 0.2) is 6.23 Å². The fraction of sp³-hybridized carbons (Fsp3) is 0.389. The van der Waals surface area contributed by atoms with E-state index in [0.717, 1.165) is 5.56 Å². The van der Waals surface area contributed by atoms with Crippen LogP contribution in [-0.2, 0) is 25.6 Å². The first-order valence-electron chi connectivity index (χ1n) is 8.33. The predicted octanol–water partition coefficient (Wildman–Crippen LogP) is 1.33. The summed E-state index contributed by atoms with van der Waals surface area (Å²) in [5.41, 5.74) is 0.586. The predicted molar refractivity (Wildman–Crippen MR) is 93.6 cm³/mol. The zero-order chi connectivity index (χ0) is 18.4. The van der Waals surface area contributed by atoms with Crippen molar-refractivity contribution < 1.29 is 19.0 Å². The topological polar surface area (TPSA) is 91.7 Å². The van der Waals surface area contributed by atoms with Crippen molar-refractivity contribution in [2.45, 2.75) is 25.9 Å². The van der Waals surface area contributed by atoms with E-state index in [1.165, 1.54) is 17.7 Å². The van der Waals surface area contributed by atoms with Crippen molar-refractivity contribution in [2.75, 3.05) is 25.1 Å². The molecule has 1 amide bonds. The number of carbonyl (C=O) groups excluding carboxylic acids is 1. The summed E-state index contributed by atoms with van der Waals surface area (Å²) in [6.07, 6.45) is 0.796. The van der Waals surface area contributed by atoms with Crippen LogP contribution in [0.15, 0.2) is 47.4 Å². The lowest BCUT2D eigenvalue weighted by atomic mass is 10.2. The molecule has 1 aliphatic rings. The maximum Gasteiger partial charge on any atom is 0.351 e. The van der Waals surface area contributed by atoms with Gasteiger partial charge in [0.05, 0.1) is 26.4 Å². The smallest absolute Gasteiger partial charge is 0.351 e. The molecular formula is C18H21N3O5. The molecule has 1 aromatic heterocycles. The third-order valence-corrected chi connectivity index (χ3v) is 3.81. The van der Waals surface area contributed by atoms with Crippen LogP contribution < -0.4 is 11.0 Å². The molecule has 8 heteroatoms. The Kier molecular flexibility index (Phi) is 6.11. The summed E-state index contributed by atoms with van der Waals surface area (Å²) in [6.45, 7) is 2.82. The molecule has 2 aromatic rings. The first-order chi connectivity index (χ1) is 12.6. The number of nitrogens with one attached hydrogen (secondary N) is 1. The van der Waals surface area contributed by atoms with E-state index in [9.17, 15) is 9.59 Å². The third kappa shape index (κ3) is 4.98. The zero-order valence-corrected chi connectivity index (χ0v) is 14.5. The van der Waals surface area contributed by atoms with Gasteiger partial charge in [-0.15, -0.1) is 0 Å². The van der Waals surface area contributed by atoms with Crippen LogP contribution in [0.2, 0.25) is 0 Å². The molecule has 0 bridgehead atoms. The van der Waals surface area contributed by atoms with Crippen molar-refractivity contribution in [3.8, 4) is 0 Å². The lowest BCUT2D eigenvalue weighted by Crippen LogP contribution is -2.40. The number of amides is 1. The highest BCUT2D eigenvalue weighted by molar-refractivity contribution is 5.87. The largest absolute Gasteiger partial charge is 0.374 e. The molecule has 1 N–H and O–H groups in total. The van der Waals surface area contributed by atoms with Gasteiger partial charge in [0, 0.05) is 13.1 Å². The molecule has 8 nitrogen and oxygen atoms in total. The number of aromatic nitrogens is 2. The maximum absolute atomic E-state index is 12.1. The first kappa shape index (κ1) is 18.2. The normalized spacial score (nSPS) is 19.9. The minimum absolute atomic E-state index is 0.183. The minimum atomic E-state index is -0.549. The van der Waals surface area contributed by atoms with E-state index in [1.807, 2.05) is 30.3 Å². The van der Waals surface area contributed by atoms with Gasteiger partial charge in [-0.05, 0) is 11.6 Å². The Morgan fingerprint density at radius 3 is 2.73 bits per heavy atom. The number of rotatable bonds is 6. The highest BCUT2D eigenvalue weighted by Gasteiger charge is 2.24. The molecule has 1 aliphatic heterocycles. The molecule has 1 aromatic carbocycles. The van der Waals surface area contributed by atoms with Gasteiger partial charge in [-0.2, -0.15) is 4.98 Å². The highest BCUT2D eigenvalue weighted by atomic mass is 16.6. The summed E-state index contributed by atoms with van der Waals surface area (Å²) < 4.78 is 18.4. The fourth-order valence-electron chi connectivity index (χ4n) is 2.55. The van der Waals surface area contributed by atoms with E-state index in [-0.39, 0.29) is 24.4 Å². The maximum atomic E-state index is 12.1. The molecular weight excluding hydrogens is 338 g/mol. The zero-order valence-electron chi connectivity index (χ0n) is 14.5. The molecule has 138 valence electrons. The van der Waals surface area contributed by atoms with Gasteiger partial charge in [-0.1, -0.05) is 30.3 Å². The number of carbonyl (C=O) groups is 1. The number of hydrogen-bond acceptors (Lipinski definition) is 6. The van der Waals surface area contributed by atoms with Crippen molar-refractivity contribution in [3.63, 3.8) is 0 Å². The Morgan fingerprint density at radius 2 is 2.08 bits per heavy atom. The number of nitrogens with zero attached hydrogens (tertiary/aromatic N) is 2. The second-order valence-electron chi connectivity index (χ2n) is 5.93. The van der Waals surface area contributed by atoms with E-state index >= 15 is 0 Å². The summed E-state index contributed by atoms with van der Waals surface area (Å²) in [5, 5.41) is 2.47. The number of anilines is 1. The van der Waals surface area contributed by atoms with Gasteiger partial charge < -0.3 is 19.5 Å². The molecule has 1 saturated heterocycles. The van der Waals surface area contributed by atoms with Crippen LogP contribution in [-0.4, -0.2) is 41.4 Å². The van der Waals surface area contributed by atoms with E-state index in [1.54, 1.807) is 6.07 Å². The summed E-state index contributed by atoms with van der Waals surface area (Å²) >= 11 is 0. The Hall–Kier alpha value is -2.55. The van der Waals surface area contributed by atoms with Crippen molar-refractivity contribution in [1.82, 2.24) is 9.55 Å². The minimum Gasteiger partial charge on any atom is -0.374 e. The molecule has 0 spiro atoms. The van der Waals surface area contributed by atoms with E-state index in [0.29, 0.717) is 19.8 Å². The van der Waals surface area contributed by atoms with Crippen LogP contribution in [0.25, 0.3) is 0 Å². The summed E-state index contributed by atoms with van der Waals surface area (Å²) in [5.74, 6) is -0.0760. The molecule has 0 saturated carbocycles. The van der Waals surface area contributed by atoms with Crippen molar-refractivity contribution >= 4 is 11.7 Å². The molecule has 0 aliphatic carbocycles. The van der Waals surface area contributed by atoms with Gasteiger partial charge >= 0.3 is 5.69 Å². The molecule has 26 heavy (non-hydrogen) atoms. The average Bonchev–Trinajstić information content (AvgIpc) is 2.63. The molecule has 2 unspecified atom stereocenters. The second-order valence-corrected chi connectivity index (χ2v) is 5.93. The summed E-state index contributed by atoms with van der Waals surface area (Å²) in [4.78, 5) is 26.9. The van der Waals surface area contributed by atoms with Crippen molar-refractivity contribution in [2.24, 2.45) is 0 Å². The first-order valence-corrected chi connectivity index (χ1v) is 8.33. The summed E-state index contributed by atoms with van der Waals surface area (Å²) in [6, 6.07) is 11.4. The van der Waals surface area contributed by atoms with Crippen LogP contribution in [0, 0.1) is 0 Å². The summed E-state index contributed by atoms with van der Waals surface area (Å²) in [7, 11) is 0. The van der Waals surface area contributed by atoms with Crippen molar-refractivity contribution in [1.29, 1.82) is 0 Å². The quantitative estimate of drug-likeness (QED) is 0.837.